The van der Waals surface area contributed by atoms with Gasteiger partial charge >= 0.3 is 0 Å². The number of nitrogens with zero attached hydrogens (tertiary/aromatic N) is 4. The van der Waals surface area contributed by atoms with Gasteiger partial charge in [0.25, 0.3) is 5.89 Å². The van der Waals surface area contributed by atoms with E-state index in [0.29, 0.717) is 12.5 Å². The van der Waals surface area contributed by atoms with Crippen LogP contribution in [0.2, 0.25) is 0 Å². The van der Waals surface area contributed by atoms with E-state index < -0.39 is 0 Å². The molecular formula is C16H16N4O2. The first-order valence-electron chi connectivity index (χ1n) is 7.36. The number of ether oxygens (including phenoxy) is 1. The molecule has 0 radical (unpaired) electrons. The quantitative estimate of drug-likeness (QED) is 0.740. The minimum Gasteiger partial charge on any atom is -0.381 e. The van der Waals surface area contributed by atoms with E-state index in [4.69, 9.17) is 9.26 Å². The molecule has 4 rings (SSSR count). The Bertz CT molecular complexity index is 745. The maximum Gasteiger partial charge on any atom is 0.257 e. The molecular weight excluding hydrogens is 280 g/mol. The fourth-order valence-corrected chi connectivity index (χ4v) is 2.64. The summed E-state index contributed by atoms with van der Waals surface area (Å²) >= 11 is 0. The zero-order chi connectivity index (χ0) is 14.8. The van der Waals surface area contributed by atoms with Crippen molar-refractivity contribution >= 4 is 0 Å². The second-order valence-electron chi connectivity index (χ2n) is 5.42. The van der Waals surface area contributed by atoms with Crippen LogP contribution in [0.3, 0.4) is 0 Å². The van der Waals surface area contributed by atoms with E-state index in [1.165, 1.54) is 0 Å². The highest BCUT2D eigenvalue weighted by atomic mass is 16.5. The van der Waals surface area contributed by atoms with Gasteiger partial charge in [0.2, 0.25) is 0 Å². The molecule has 2 aromatic heterocycles. The van der Waals surface area contributed by atoms with Crippen molar-refractivity contribution in [1.82, 2.24) is 19.9 Å². The van der Waals surface area contributed by atoms with Gasteiger partial charge in [-0.2, -0.15) is 10.1 Å². The zero-order valence-corrected chi connectivity index (χ0v) is 12.1. The molecule has 3 heterocycles. The molecule has 0 saturated carbocycles. The van der Waals surface area contributed by atoms with Gasteiger partial charge in [-0.1, -0.05) is 17.3 Å². The summed E-state index contributed by atoms with van der Waals surface area (Å²) in [5.41, 5.74) is 2.08. The highest BCUT2D eigenvalue weighted by Crippen LogP contribution is 2.26. The Balaban J connectivity index is 1.57. The minimum absolute atomic E-state index is 0.254. The maximum atomic E-state index is 5.41. The SMILES string of the molecule is c1cc(Cn2cccn2)cc(-c2nc([C@@H]3CCOC3)no2)c1. The molecule has 0 N–H and O–H groups in total. The molecule has 1 saturated heterocycles. The summed E-state index contributed by atoms with van der Waals surface area (Å²) in [7, 11) is 0. The Labute approximate surface area is 127 Å². The third-order valence-corrected chi connectivity index (χ3v) is 3.81. The molecule has 0 bridgehead atoms. The molecule has 112 valence electrons. The summed E-state index contributed by atoms with van der Waals surface area (Å²) in [6, 6.07) is 10.0. The van der Waals surface area contributed by atoms with Gasteiger partial charge in [0.05, 0.1) is 13.2 Å². The lowest BCUT2D eigenvalue weighted by Gasteiger charge is -2.03. The van der Waals surface area contributed by atoms with Crippen LogP contribution in [0.5, 0.6) is 0 Å². The fraction of sp³-hybridized carbons (Fsp3) is 0.312. The van der Waals surface area contributed by atoms with Crippen molar-refractivity contribution < 1.29 is 9.26 Å². The van der Waals surface area contributed by atoms with E-state index in [2.05, 4.69) is 27.4 Å². The van der Waals surface area contributed by atoms with Gasteiger partial charge in [-0.15, -0.1) is 0 Å². The van der Waals surface area contributed by atoms with E-state index in [9.17, 15) is 0 Å². The van der Waals surface area contributed by atoms with Crippen molar-refractivity contribution in [3.8, 4) is 11.5 Å². The molecule has 3 aromatic rings. The van der Waals surface area contributed by atoms with Crippen molar-refractivity contribution in [3.05, 3.63) is 54.1 Å². The summed E-state index contributed by atoms with van der Waals surface area (Å²) in [6.45, 7) is 2.17. The molecule has 1 atom stereocenters. The van der Waals surface area contributed by atoms with Crippen LogP contribution in [-0.4, -0.2) is 33.1 Å². The van der Waals surface area contributed by atoms with Crippen LogP contribution in [-0.2, 0) is 11.3 Å². The second-order valence-corrected chi connectivity index (χ2v) is 5.42. The molecule has 1 aromatic carbocycles. The van der Waals surface area contributed by atoms with Gasteiger partial charge in [0.15, 0.2) is 5.82 Å². The Hall–Kier alpha value is -2.47. The van der Waals surface area contributed by atoms with Gasteiger partial charge in [0.1, 0.15) is 0 Å². The number of hydrogen-bond donors (Lipinski definition) is 0. The van der Waals surface area contributed by atoms with Gasteiger partial charge in [-0.05, 0) is 30.2 Å². The molecule has 0 aliphatic carbocycles. The first-order valence-corrected chi connectivity index (χ1v) is 7.36. The molecule has 6 heteroatoms. The third-order valence-electron chi connectivity index (χ3n) is 3.81. The Morgan fingerprint density at radius 1 is 1.27 bits per heavy atom. The Morgan fingerprint density at radius 2 is 2.27 bits per heavy atom. The normalized spacial score (nSPS) is 17.9. The van der Waals surface area contributed by atoms with E-state index >= 15 is 0 Å². The van der Waals surface area contributed by atoms with Gasteiger partial charge in [0, 0.05) is 30.5 Å². The van der Waals surface area contributed by atoms with Crippen molar-refractivity contribution in [1.29, 1.82) is 0 Å². The predicted molar refractivity (Wildman–Crippen MR) is 79.2 cm³/mol. The summed E-state index contributed by atoms with van der Waals surface area (Å²) < 4.78 is 12.7. The number of aromatic nitrogens is 4. The van der Waals surface area contributed by atoms with Crippen LogP contribution < -0.4 is 0 Å². The van der Waals surface area contributed by atoms with E-state index in [1.807, 2.05) is 29.1 Å². The molecule has 1 fully saturated rings. The zero-order valence-electron chi connectivity index (χ0n) is 12.1. The Morgan fingerprint density at radius 3 is 3.09 bits per heavy atom. The third kappa shape index (κ3) is 2.65. The predicted octanol–water partition coefficient (Wildman–Crippen LogP) is 2.49. The van der Waals surface area contributed by atoms with Crippen molar-refractivity contribution in [3.63, 3.8) is 0 Å². The lowest BCUT2D eigenvalue weighted by molar-refractivity contribution is 0.192. The van der Waals surface area contributed by atoms with Crippen LogP contribution in [0.4, 0.5) is 0 Å². The van der Waals surface area contributed by atoms with E-state index in [1.54, 1.807) is 6.20 Å². The average molecular weight is 296 g/mol. The van der Waals surface area contributed by atoms with E-state index in [0.717, 1.165) is 36.5 Å². The first kappa shape index (κ1) is 13.2. The molecule has 6 nitrogen and oxygen atoms in total. The fourth-order valence-electron chi connectivity index (χ4n) is 2.64. The van der Waals surface area contributed by atoms with Crippen molar-refractivity contribution in [2.75, 3.05) is 13.2 Å². The minimum atomic E-state index is 0.254. The van der Waals surface area contributed by atoms with Crippen LogP contribution in [0.25, 0.3) is 11.5 Å². The van der Waals surface area contributed by atoms with Gasteiger partial charge in [-0.3, -0.25) is 4.68 Å². The Kier molecular flexibility index (Phi) is 3.44. The molecule has 0 unspecified atom stereocenters. The summed E-state index contributed by atoms with van der Waals surface area (Å²) in [4.78, 5) is 4.52. The second kappa shape index (κ2) is 5.73. The molecule has 1 aliphatic rings. The molecule has 1 aliphatic heterocycles. The number of benzene rings is 1. The summed E-state index contributed by atoms with van der Waals surface area (Å²) in [5, 5.41) is 8.32. The smallest absolute Gasteiger partial charge is 0.257 e. The average Bonchev–Trinajstić information content (AvgIpc) is 3.29. The van der Waals surface area contributed by atoms with Crippen molar-refractivity contribution in [2.24, 2.45) is 0 Å². The standard InChI is InChI=1S/C16H16N4O2/c1-3-12(10-20-7-2-6-17-20)9-13(4-1)16-18-15(19-22-16)14-5-8-21-11-14/h1-4,6-7,9,14H,5,8,10-11H2/t14-/m1/s1. The topological polar surface area (TPSA) is 66.0 Å². The van der Waals surface area contributed by atoms with Crippen LogP contribution in [0, 0.1) is 0 Å². The van der Waals surface area contributed by atoms with Crippen molar-refractivity contribution in [2.45, 2.75) is 18.9 Å². The van der Waals surface area contributed by atoms with Crippen LogP contribution in [0.15, 0.2) is 47.2 Å². The van der Waals surface area contributed by atoms with E-state index in [-0.39, 0.29) is 5.92 Å². The first-order chi connectivity index (χ1) is 10.9. The molecule has 22 heavy (non-hydrogen) atoms. The highest BCUT2D eigenvalue weighted by molar-refractivity contribution is 5.54. The monoisotopic (exact) mass is 296 g/mol. The number of rotatable bonds is 4. The summed E-state index contributed by atoms with van der Waals surface area (Å²) in [6.07, 6.45) is 4.67. The maximum absolute atomic E-state index is 5.41. The summed E-state index contributed by atoms with van der Waals surface area (Å²) in [5.74, 6) is 1.55. The van der Waals surface area contributed by atoms with Crippen LogP contribution in [0.1, 0.15) is 23.7 Å². The van der Waals surface area contributed by atoms with Gasteiger partial charge < -0.3 is 9.26 Å². The van der Waals surface area contributed by atoms with Crippen LogP contribution >= 0.6 is 0 Å². The van der Waals surface area contributed by atoms with Gasteiger partial charge in [-0.25, -0.2) is 0 Å². The highest BCUT2D eigenvalue weighted by Gasteiger charge is 2.23. The number of hydrogen-bond acceptors (Lipinski definition) is 5. The largest absolute Gasteiger partial charge is 0.381 e. The molecule has 0 amide bonds. The lowest BCUT2D eigenvalue weighted by atomic mass is 10.1. The lowest BCUT2D eigenvalue weighted by Crippen LogP contribution is -2.00. The molecule has 0 spiro atoms.